The molecule has 1 N–H and O–H groups in total. The lowest BCUT2D eigenvalue weighted by Gasteiger charge is -2.36. The normalized spacial score (nSPS) is 15.3. The summed E-state index contributed by atoms with van der Waals surface area (Å²) in [4.78, 5) is 45.9. The van der Waals surface area contributed by atoms with E-state index < -0.39 is 47.1 Å². The summed E-state index contributed by atoms with van der Waals surface area (Å²) in [6.45, 7) is -0.210. The predicted molar refractivity (Wildman–Crippen MR) is 159 cm³/mol. The summed E-state index contributed by atoms with van der Waals surface area (Å²) in [7, 11) is 1.39. The Bertz CT molecular complexity index is 1670. The van der Waals surface area contributed by atoms with Crippen LogP contribution in [0.2, 0.25) is 10.0 Å². The zero-order chi connectivity index (χ0) is 31.9. The molecular weight excluding hydrogens is 671 g/mol. The van der Waals surface area contributed by atoms with E-state index in [-0.39, 0.29) is 46.0 Å². The lowest BCUT2D eigenvalue weighted by Crippen LogP contribution is -2.51. The molecule has 0 aliphatic carbocycles. The highest BCUT2D eigenvalue weighted by Gasteiger charge is 2.36. The molecule has 0 atom stereocenters. The fourth-order valence-corrected chi connectivity index (χ4v) is 6.83. The molecule has 1 saturated heterocycles. The number of hydrogen-bond donors (Lipinski definition) is 1. The van der Waals surface area contributed by atoms with Crippen LogP contribution in [-0.4, -0.2) is 59.9 Å². The van der Waals surface area contributed by atoms with E-state index >= 15 is 0 Å². The molecule has 1 aromatic heterocycles. The van der Waals surface area contributed by atoms with E-state index in [1.54, 1.807) is 18.2 Å². The van der Waals surface area contributed by atoms with Crippen LogP contribution in [-0.2, 0) is 18.5 Å². The van der Waals surface area contributed by atoms with E-state index in [9.17, 15) is 31.9 Å². The number of H-pyrrole nitrogens is 1. The largest absolute Gasteiger partial charge is 0.495 e. The maximum atomic E-state index is 14.1. The van der Waals surface area contributed by atoms with Gasteiger partial charge in [-0.25, -0.2) is 13.6 Å². The Hall–Kier alpha value is -3.13. The SMILES string of the molecule is COc1cc2c(cc1N1CCCN(CC(F)F)C1=O)CN(C(=O)c1c(Sc3c(Cl)cccc3Cl)cc(C(F)(F)Cl)[nH]c1=O)C2. The molecule has 0 bridgehead atoms. The van der Waals surface area contributed by atoms with Crippen molar-refractivity contribution in [3.63, 3.8) is 0 Å². The van der Waals surface area contributed by atoms with Gasteiger partial charge in [-0.05, 0) is 59.5 Å². The van der Waals surface area contributed by atoms with Gasteiger partial charge in [-0.2, -0.15) is 8.78 Å². The van der Waals surface area contributed by atoms with Crippen molar-refractivity contribution in [2.75, 3.05) is 31.6 Å². The standard InChI is InChI=1S/C28H23Cl3F4N4O4S/c1-43-19-9-15-12-38(11-14(15)8-18(19)39-7-3-6-37(27(39)42)13-22(32)33)26(41)23-20(10-21(28(31,34)35)36-25(23)40)44-24-16(29)4-2-5-17(24)30/h2,4-5,8-10,22H,3,6-7,11-13H2,1H3,(H,36,40). The van der Waals surface area contributed by atoms with Gasteiger partial charge < -0.3 is 19.5 Å². The van der Waals surface area contributed by atoms with E-state index in [0.29, 0.717) is 29.0 Å². The summed E-state index contributed by atoms with van der Waals surface area (Å²) >= 11 is 18.5. The Morgan fingerprint density at radius 3 is 2.36 bits per heavy atom. The van der Waals surface area contributed by atoms with Crippen LogP contribution < -0.4 is 15.2 Å². The summed E-state index contributed by atoms with van der Waals surface area (Å²) in [5.74, 6) is -0.475. The van der Waals surface area contributed by atoms with Crippen molar-refractivity contribution in [1.82, 2.24) is 14.8 Å². The molecule has 3 heterocycles. The number of amides is 3. The number of methoxy groups -OCH3 is 1. The number of urea groups is 1. The molecule has 3 aromatic rings. The quantitative estimate of drug-likeness (QED) is 0.200. The molecule has 0 saturated carbocycles. The Balaban J connectivity index is 1.49. The van der Waals surface area contributed by atoms with Gasteiger partial charge in [-0.1, -0.05) is 41.0 Å². The first-order valence-corrected chi connectivity index (χ1v) is 15.0. The van der Waals surface area contributed by atoms with Crippen LogP contribution in [0.4, 0.5) is 28.0 Å². The Labute approximate surface area is 267 Å². The molecule has 8 nitrogen and oxygen atoms in total. The van der Waals surface area contributed by atoms with Gasteiger partial charge in [0, 0.05) is 36.0 Å². The first-order chi connectivity index (χ1) is 20.8. The van der Waals surface area contributed by atoms with Gasteiger partial charge in [0.05, 0.1) is 29.4 Å². The van der Waals surface area contributed by atoms with E-state index in [2.05, 4.69) is 0 Å². The minimum absolute atomic E-state index is 0.00223. The van der Waals surface area contributed by atoms with Gasteiger partial charge in [-0.3, -0.25) is 14.5 Å². The van der Waals surface area contributed by atoms with Crippen molar-refractivity contribution in [2.45, 2.75) is 41.1 Å². The predicted octanol–water partition coefficient (Wildman–Crippen LogP) is 7.18. The number of alkyl halides is 5. The minimum atomic E-state index is -3.94. The maximum Gasteiger partial charge on any atom is 0.362 e. The zero-order valence-electron chi connectivity index (χ0n) is 22.8. The number of ether oxygens (including phenoxy) is 1. The van der Waals surface area contributed by atoms with Gasteiger partial charge in [0.1, 0.15) is 17.0 Å². The monoisotopic (exact) mass is 692 g/mol. The third-order valence-corrected chi connectivity index (χ3v) is 9.36. The van der Waals surface area contributed by atoms with Gasteiger partial charge >= 0.3 is 11.4 Å². The molecule has 3 amide bonds. The van der Waals surface area contributed by atoms with Crippen LogP contribution in [0.5, 0.6) is 5.75 Å². The maximum absolute atomic E-state index is 14.1. The van der Waals surface area contributed by atoms with Crippen LogP contribution in [0, 0.1) is 0 Å². The number of benzene rings is 2. The van der Waals surface area contributed by atoms with E-state index in [0.717, 1.165) is 22.7 Å². The molecule has 0 unspecified atom stereocenters. The smallest absolute Gasteiger partial charge is 0.362 e. The molecule has 2 aliphatic heterocycles. The molecule has 0 radical (unpaired) electrons. The van der Waals surface area contributed by atoms with Crippen LogP contribution in [0.1, 0.15) is 33.6 Å². The molecule has 16 heteroatoms. The van der Waals surface area contributed by atoms with Crippen molar-refractivity contribution in [3.05, 3.63) is 79.2 Å². The number of carbonyl (C=O) groups is 2. The number of nitrogens with zero attached hydrogens (tertiary/aromatic N) is 3. The molecule has 1 fully saturated rings. The van der Waals surface area contributed by atoms with Crippen LogP contribution in [0.25, 0.3) is 0 Å². The lowest BCUT2D eigenvalue weighted by molar-refractivity contribution is 0.0740. The molecule has 44 heavy (non-hydrogen) atoms. The molecule has 2 aliphatic rings. The lowest BCUT2D eigenvalue weighted by atomic mass is 10.1. The van der Waals surface area contributed by atoms with E-state index in [4.69, 9.17) is 39.5 Å². The van der Waals surface area contributed by atoms with E-state index in [1.807, 2.05) is 4.98 Å². The van der Waals surface area contributed by atoms with Crippen molar-refractivity contribution in [1.29, 1.82) is 0 Å². The van der Waals surface area contributed by atoms with Crippen LogP contribution >= 0.6 is 46.6 Å². The average molecular weight is 694 g/mol. The highest BCUT2D eigenvalue weighted by Crippen LogP contribution is 2.42. The van der Waals surface area contributed by atoms with Crippen molar-refractivity contribution in [3.8, 4) is 5.75 Å². The average Bonchev–Trinajstić information content (AvgIpc) is 3.37. The number of fused-ring (bicyclic) bond motifs is 1. The zero-order valence-corrected chi connectivity index (χ0v) is 25.9. The number of carbonyl (C=O) groups excluding carboxylic acids is 2. The number of rotatable bonds is 8. The summed E-state index contributed by atoms with van der Waals surface area (Å²) in [6.07, 6.45) is -2.23. The number of anilines is 1. The fraction of sp³-hybridized carbons (Fsp3) is 0.321. The highest BCUT2D eigenvalue weighted by atomic mass is 35.5. The second kappa shape index (κ2) is 12.7. The second-order valence-electron chi connectivity index (χ2n) is 9.98. The number of hydrogen-bond acceptors (Lipinski definition) is 5. The molecule has 2 aromatic carbocycles. The second-order valence-corrected chi connectivity index (χ2v) is 12.3. The Kier molecular flexibility index (Phi) is 9.31. The highest BCUT2D eigenvalue weighted by molar-refractivity contribution is 7.99. The first-order valence-electron chi connectivity index (χ1n) is 13.1. The third kappa shape index (κ3) is 6.46. The fourth-order valence-electron chi connectivity index (χ4n) is 5.09. The molecular formula is C28H23Cl3F4N4O4S. The van der Waals surface area contributed by atoms with Crippen LogP contribution in [0.15, 0.2) is 51.0 Å². The van der Waals surface area contributed by atoms with Crippen molar-refractivity contribution < 1.29 is 31.9 Å². The van der Waals surface area contributed by atoms with Gasteiger partial charge in [-0.15, -0.1) is 0 Å². The summed E-state index contributed by atoms with van der Waals surface area (Å²) in [5.41, 5.74) is -0.818. The van der Waals surface area contributed by atoms with Gasteiger partial charge in [0.2, 0.25) is 0 Å². The number of aromatic nitrogens is 1. The molecule has 234 valence electrons. The number of halogens is 7. The van der Waals surface area contributed by atoms with Gasteiger partial charge in [0.25, 0.3) is 17.9 Å². The molecule has 0 spiro atoms. The van der Waals surface area contributed by atoms with Crippen molar-refractivity contribution in [2.24, 2.45) is 0 Å². The third-order valence-electron chi connectivity index (χ3n) is 7.12. The Morgan fingerprint density at radius 1 is 1.09 bits per heavy atom. The number of nitrogens with one attached hydrogen (secondary N) is 1. The topological polar surface area (TPSA) is 85.9 Å². The summed E-state index contributed by atoms with van der Waals surface area (Å²) < 4.78 is 59.7. The van der Waals surface area contributed by atoms with E-state index in [1.165, 1.54) is 29.0 Å². The Morgan fingerprint density at radius 2 is 1.75 bits per heavy atom. The minimum Gasteiger partial charge on any atom is -0.495 e. The summed E-state index contributed by atoms with van der Waals surface area (Å²) in [5, 5.41) is -3.59. The van der Waals surface area contributed by atoms with Crippen molar-refractivity contribution >= 4 is 64.2 Å². The summed E-state index contributed by atoms with van der Waals surface area (Å²) in [6, 6.07) is 8.21. The molecule has 5 rings (SSSR count). The first kappa shape index (κ1) is 32.3. The van der Waals surface area contributed by atoms with Crippen LogP contribution in [0.3, 0.4) is 0 Å². The number of pyridine rings is 1. The van der Waals surface area contributed by atoms with Gasteiger partial charge in [0.15, 0.2) is 0 Å². The number of aromatic amines is 1.